The van der Waals surface area contributed by atoms with Gasteiger partial charge in [-0.05, 0) is 35.9 Å². The molecule has 3 rings (SSSR count). The molecule has 2 aromatic carbocycles. The zero-order valence-corrected chi connectivity index (χ0v) is 16.1. The molecule has 1 aromatic heterocycles. The van der Waals surface area contributed by atoms with Crippen LogP contribution in [0.5, 0.6) is 0 Å². The summed E-state index contributed by atoms with van der Waals surface area (Å²) >= 11 is 6.03. The van der Waals surface area contributed by atoms with E-state index in [1.807, 2.05) is 31.2 Å². The van der Waals surface area contributed by atoms with Crippen molar-refractivity contribution in [2.45, 2.75) is 18.4 Å². The zero-order valence-electron chi connectivity index (χ0n) is 14.5. The van der Waals surface area contributed by atoms with E-state index in [-0.39, 0.29) is 22.2 Å². The number of aromatic nitrogens is 4. The van der Waals surface area contributed by atoms with Crippen molar-refractivity contribution in [3.05, 3.63) is 53.1 Å². The summed E-state index contributed by atoms with van der Waals surface area (Å²) in [4.78, 5) is 13.5. The van der Waals surface area contributed by atoms with Gasteiger partial charge in [0.15, 0.2) is 9.84 Å². The number of hydrogen-bond donors (Lipinski definition) is 1. The molecule has 0 aliphatic carbocycles. The Morgan fingerprint density at radius 3 is 2.67 bits per heavy atom. The van der Waals surface area contributed by atoms with Crippen molar-refractivity contribution in [1.82, 2.24) is 20.2 Å². The molecule has 0 aliphatic rings. The van der Waals surface area contributed by atoms with Crippen LogP contribution in [0.4, 0.5) is 5.69 Å². The molecule has 0 aliphatic heterocycles. The van der Waals surface area contributed by atoms with Crippen LogP contribution in [-0.2, 0) is 21.2 Å². The molecule has 0 atom stereocenters. The number of hydrogen-bond acceptors (Lipinski definition) is 6. The van der Waals surface area contributed by atoms with Crippen LogP contribution in [-0.4, -0.2) is 40.8 Å². The molecule has 0 saturated carbocycles. The first-order valence-electron chi connectivity index (χ1n) is 7.87. The van der Waals surface area contributed by atoms with Crippen molar-refractivity contribution in [3.8, 4) is 11.4 Å². The summed E-state index contributed by atoms with van der Waals surface area (Å²) in [6.45, 7) is 1.73. The molecule has 0 spiro atoms. The Morgan fingerprint density at radius 1 is 1.22 bits per heavy atom. The Kier molecular flexibility index (Phi) is 5.24. The lowest BCUT2D eigenvalue weighted by Gasteiger charge is -2.08. The van der Waals surface area contributed by atoms with Crippen molar-refractivity contribution >= 4 is 33.0 Å². The lowest BCUT2D eigenvalue weighted by molar-refractivity contribution is -0.117. The van der Waals surface area contributed by atoms with Gasteiger partial charge in [0.2, 0.25) is 11.7 Å². The molecule has 1 amide bonds. The summed E-state index contributed by atoms with van der Waals surface area (Å²) in [5.74, 6) is -0.0470. The molecule has 0 saturated heterocycles. The summed E-state index contributed by atoms with van der Waals surface area (Å²) in [5, 5.41) is 14.8. The predicted molar refractivity (Wildman–Crippen MR) is 101 cm³/mol. The molecule has 1 N–H and O–H groups in total. The fraction of sp³-hybridized carbons (Fsp3) is 0.176. The van der Waals surface area contributed by atoms with Gasteiger partial charge in [-0.25, -0.2) is 8.42 Å². The fourth-order valence-corrected chi connectivity index (χ4v) is 3.20. The molecule has 0 radical (unpaired) electrons. The number of anilines is 1. The Morgan fingerprint density at radius 2 is 1.96 bits per heavy atom. The summed E-state index contributed by atoms with van der Waals surface area (Å²) in [7, 11) is -3.42. The summed E-state index contributed by atoms with van der Waals surface area (Å²) < 4.78 is 23.3. The SMILES string of the molecule is Cc1ccccc1-c1nnn(CC(=O)Nc2cc(S(C)(=O)=O)ccc2Cl)n1. The Bertz CT molecular complexity index is 1110. The lowest BCUT2D eigenvalue weighted by Crippen LogP contribution is -2.20. The van der Waals surface area contributed by atoms with E-state index >= 15 is 0 Å². The monoisotopic (exact) mass is 405 g/mol. The average molecular weight is 406 g/mol. The second-order valence-corrected chi connectivity index (χ2v) is 8.34. The number of benzene rings is 2. The van der Waals surface area contributed by atoms with E-state index in [9.17, 15) is 13.2 Å². The van der Waals surface area contributed by atoms with Crippen molar-refractivity contribution < 1.29 is 13.2 Å². The highest BCUT2D eigenvalue weighted by Crippen LogP contribution is 2.25. The molecule has 0 bridgehead atoms. The largest absolute Gasteiger partial charge is 0.323 e. The molecule has 8 nitrogen and oxygen atoms in total. The van der Waals surface area contributed by atoms with Crippen LogP contribution in [0.25, 0.3) is 11.4 Å². The number of carbonyl (C=O) groups excluding carboxylic acids is 1. The van der Waals surface area contributed by atoms with Crippen LogP contribution >= 0.6 is 11.6 Å². The van der Waals surface area contributed by atoms with Crippen molar-refractivity contribution in [2.24, 2.45) is 0 Å². The van der Waals surface area contributed by atoms with Crippen molar-refractivity contribution in [1.29, 1.82) is 0 Å². The van der Waals surface area contributed by atoms with Crippen molar-refractivity contribution in [3.63, 3.8) is 0 Å². The third-order valence-corrected chi connectivity index (χ3v) is 5.20. The summed E-state index contributed by atoms with van der Waals surface area (Å²) in [6.07, 6.45) is 1.08. The second kappa shape index (κ2) is 7.45. The summed E-state index contributed by atoms with van der Waals surface area (Å²) in [5.41, 5.74) is 2.02. The number of amides is 1. The Balaban J connectivity index is 1.75. The highest BCUT2D eigenvalue weighted by Gasteiger charge is 2.14. The number of nitrogens with zero attached hydrogens (tertiary/aromatic N) is 4. The minimum atomic E-state index is -3.42. The van der Waals surface area contributed by atoms with E-state index < -0.39 is 15.7 Å². The average Bonchev–Trinajstić information content (AvgIpc) is 3.04. The predicted octanol–water partition coefficient (Wildman–Crippen LogP) is 2.34. The molecule has 140 valence electrons. The fourth-order valence-electron chi connectivity index (χ4n) is 2.39. The van der Waals surface area contributed by atoms with E-state index in [1.54, 1.807) is 0 Å². The number of rotatable bonds is 5. The molecule has 0 unspecified atom stereocenters. The molecule has 3 aromatic rings. The topological polar surface area (TPSA) is 107 Å². The first-order valence-corrected chi connectivity index (χ1v) is 10.1. The van der Waals surface area contributed by atoms with Crippen LogP contribution in [0.2, 0.25) is 5.02 Å². The van der Waals surface area contributed by atoms with Gasteiger partial charge in [0, 0.05) is 11.8 Å². The van der Waals surface area contributed by atoms with Gasteiger partial charge in [-0.1, -0.05) is 35.9 Å². The summed E-state index contributed by atoms with van der Waals surface area (Å²) in [6, 6.07) is 11.7. The number of sulfone groups is 1. The van der Waals surface area contributed by atoms with Gasteiger partial charge in [0.05, 0.1) is 15.6 Å². The van der Waals surface area contributed by atoms with Gasteiger partial charge in [-0.2, -0.15) is 4.80 Å². The zero-order chi connectivity index (χ0) is 19.6. The number of nitrogens with one attached hydrogen (secondary N) is 1. The molecule has 27 heavy (non-hydrogen) atoms. The van der Waals surface area contributed by atoms with Gasteiger partial charge in [0.25, 0.3) is 0 Å². The normalized spacial score (nSPS) is 11.4. The highest BCUT2D eigenvalue weighted by atomic mass is 35.5. The standard InChI is InChI=1S/C17H16ClN5O3S/c1-11-5-3-4-6-13(11)17-20-22-23(21-17)10-16(24)19-15-9-12(27(2,25)26)7-8-14(15)18/h3-9H,10H2,1-2H3,(H,19,24). The van der Waals surface area contributed by atoms with Crippen LogP contribution in [0.1, 0.15) is 5.56 Å². The Labute approximate surface area is 161 Å². The third kappa shape index (κ3) is 4.50. The van der Waals surface area contributed by atoms with Crippen LogP contribution in [0.15, 0.2) is 47.4 Å². The van der Waals surface area contributed by atoms with Gasteiger partial charge in [-0.3, -0.25) is 4.79 Å². The second-order valence-electron chi connectivity index (χ2n) is 5.92. The highest BCUT2D eigenvalue weighted by molar-refractivity contribution is 7.90. The first-order chi connectivity index (χ1) is 12.7. The van der Waals surface area contributed by atoms with Gasteiger partial charge in [0.1, 0.15) is 6.54 Å². The van der Waals surface area contributed by atoms with E-state index in [2.05, 4.69) is 20.7 Å². The van der Waals surface area contributed by atoms with Gasteiger partial charge in [-0.15, -0.1) is 10.2 Å². The number of aryl methyl sites for hydroxylation is 1. The van der Waals surface area contributed by atoms with Gasteiger partial charge < -0.3 is 5.32 Å². The first kappa shape index (κ1) is 19.0. The number of halogens is 1. The maximum absolute atomic E-state index is 12.3. The minimum absolute atomic E-state index is 0.0583. The minimum Gasteiger partial charge on any atom is -0.323 e. The maximum Gasteiger partial charge on any atom is 0.248 e. The van der Waals surface area contributed by atoms with E-state index in [4.69, 9.17) is 11.6 Å². The van der Waals surface area contributed by atoms with Crippen molar-refractivity contribution in [2.75, 3.05) is 11.6 Å². The van der Waals surface area contributed by atoms with Crippen LogP contribution in [0.3, 0.4) is 0 Å². The quantitative estimate of drug-likeness (QED) is 0.698. The molecular formula is C17H16ClN5O3S. The molecule has 10 heteroatoms. The maximum atomic E-state index is 12.3. The Hall–Kier alpha value is -2.78. The van der Waals surface area contributed by atoms with Gasteiger partial charge >= 0.3 is 0 Å². The van der Waals surface area contributed by atoms with E-state index in [0.29, 0.717) is 5.82 Å². The van der Waals surface area contributed by atoms with Crippen LogP contribution < -0.4 is 5.32 Å². The third-order valence-electron chi connectivity index (χ3n) is 3.76. The molecule has 1 heterocycles. The van der Waals surface area contributed by atoms with E-state index in [1.165, 1.54) is 18.2 Å². The van der Waals surface area contributed by atoms with E-state index in [0.717, 1.165) is 22.2 Å². The van der Waals surface area contributed by atoms with Crippen LogP contribution in [0, 0.1) is 6.92 Å². The molecular weight excluding hydrogens is 390 g/mol. The molecule has 0 fully saturated rings. The number of carbonyl (C=O) groups is 1. The number of tetrazole rings is 1. The smallest absolute Gasteiger partial charge is 0.248 e. The lowest BCUT2D eigenvalue weighted by atomic mass is 10.1.